The SMILES string of the molecule is O=C(NC1[C@@H]2CC3C[C@H]1CC(C(=O)O)(C3)C2)OCc1ccccc1. The quantitative estimate of drug-likeness (QED) is 0.889. The standard InChI is InChI=1S/C19H23NO4/c21-17(22)19-8-13-6-14(9-19)16(15(7-13)10-19)20-18(23)24-11-12-4-2-1-3-5-12/h1-5,13-16H,6-11H2,(H,20,23)(H,21,22)/t13?,14-,15+,16?,19?. The molecule has 4 aliphatic rings. The van der Waals surface area contributed by atoms with E-state index < -0.39 is 11.4 Å². The predicted octanol–water partition coefficient (Wildman–Crippen LogP) is 3.19. The van der Waals surface area contributed by atoms with Crippen LogP contribution in [-0.4, -0.2) is 23.2 Å². The molecule has 4 fully saturated rings. The molecule has 0 aliphatic heterocycles. The largest absolute Gasteiger partial charge is 0.481 e. The number of ether oxygens (including phenoxy) is 1. The summed E-state index contributed by atoms with van der Waals surface area (Å²) in [5.74, 6) is 0.414. The second-order valence-corrected chi connectivity index (χ2v) is 7.79. The summed E-state index contributed by atoms with van der Waals surface area (Å²) < 4.78 is 5.34. The molecule has 0 radical (unpaired) electrons. The molecule has 1 aromatic rings. The number of hydrogen-bond acceptors (Lipinski definition) is 3. The van der Waals surface area contributed by atoms with Crippen LogP contribution in [-0.2, 0) is 16.1 Å². The first-order valence-electron chi connectivity index (χ1n) is 8.76. The highest BCUT2D eigenvalue weighted by Gasteiger charge is 2.59. The lowest BCUT2D eigenvalue weighted by Crippen LogP contribution is -2.61. The zero-order valence-corrected chi connectivity index (χ0v) is 13.6. The van der Waals surface area contributed by atoms with E-state index in [-0.39, 0.29) is 30.6 Å². The lowest BCUT2D eigenvalue weighted by Gasteiger charge is -2.58. The summed E-state index contributed by atoms with van der Waals surface area (Å²) in [5.41, 5.74) is 0.422. The first-order valence-corrected chi connectivity index (χ1v) is 8.76. The van der Waals surface area contributed by atoms with Crippen molar-refractivity contribution in [1.29, 1.82) is 0 Å². The third-order valence-corrected chi connectivity index (χ3v) is 6.22. The third kappa shape index (κ3) is 2.66. The molecule has 0 spiro atoms. The van der Waals surface area contributed by atoms with Crippen molar-refractivity contribution in [1.82, 2.24) is 5.32 Å². The molecule has 5 nitrogen and oxygen atoms in total. The van der Waals surface area contributed by atoms with Gasteiger partial charge in [0.25, 0.3) is 0 Å². The fourth-order valence-corrected chi connectivity index (χ4v) is 5.42. The van der Waals surface area contributed by atoms with E-state index in [1.807, 2.05) is 30.3 Å². The second kappa shape index (κ2) is 5.80. The lowest BCUT2D eigenvalue weighted by molar-refractivity contribution is -0.167. The summed E-state index contributed by atoms with van der Waals surface area (Å²) in [6, 6.07) is 9.67. The number of nitrogens with one attached hydrogen (secondary N) is 1. The van der Waals surface area contributed by atoms with Crippen LogP contribution in [0.15, 0.2) is 30.3 Å². The average Bonchev–Trinajstić information content (AvgIpc) is 2.56. The summed E-state index contributed by atoms with van der Waals surface area (Å²) in [6.45, 7) is 0.260. The van der Waals surface area contributed by atoms with Crippen LogP contribution in [0, 0.1) is 23.2 Å². The molecule has 2 N–H and O–H groups in total. The molecule has 4 bridgehead atoms. The maximum atomic E-state index is 12.2. The third-order valence-electron chi connectivity index (χ3n) is 6.22. The van der Waals surface area contributed by atoms with E-state index in [0.717, 1.165) is 24.8 Å². The van der Waals surface area contributed by atoms with E-state index in [9.17, 15) is 14.7 Å². The Morgan fingerprint density at radius 1 is 1.12 bits per heavy atom. The second-order valence-electron chi connectivity index (χ2n) is 7.79. The van der Waals surface area contributed by atoms with Gasteiger partial charge in [-0.05, 0) is 55.4 Å². The van der Waals surface area contributed by atoms with Gasteiger partial charge >= 0.3 is 12.1 Å². The van der Waals surface area contributed by atoms with E-state index in [1.54, 1.807) is 0 Å². The molecule has 0 saturated heterocycles. The number of carbonyl (C=O) groups is 2. The van der Waals surface area contributed by atoms with Crippen molar-refractivity contribution in [3.05, 3.63) is 35.9 Å². The Bertz CT molecular complexity index is 628. The van der Waals surface area contributed by atoms with Gasteiger partial charge in [0.2, 0.25) is 0 Å². The summed E-state index contributed by atoms with van der Waals surface area (Å²) in [5, 5.41) is 12.7. The number of aliphatic carboxylic acids is 1. The predicted molar refractivity (Wildman–Crippen MR) is 87.2 cm³/mol. The van der Waals surface area contributed by atoms with Crippen LogP contribution >= 0.6 is 0 Å². The molecule has 4 aliphatic carbocycles. The Labute approximate surface area is 141 Å². The Morgan fingerprint density at radius 3 is 2.42 bits per heavy atom. The van der Waals surface area contributed by atoms with E-state index in [1.165, 1.54) is 0 Å². The van der Waals surface area contributed by atoms with Crippen LogP contribution < -0.4 is 5.32 Å². The van der Waals surface area contributed by atoms with E-state index in [0.29, 0.717) is 18.8 Å². The number of amides is 1. The van der Waals surface area contributed by atoms with Crippen molar-refractivity contribution in [2.45, 2.75) is 44.8 Å². The van der Waals surface area contributed by atoms with E-state index in [2.05, 4.69) is 5.32 Å². The van der Waals surface area contributed by atoms with Gasteiger partial charge in [-0.25, -0.2) is 4.79 Å². The molecule has 4 saturated carbocycles. The van der Waals surface area contributed by atoms with Gasteiger partial charge in [-0.1, -0.05) is 30.3 Å². The van der Waals surface area contributed by atoms with Gasteiger partial charge in [0.1, 0.15) is 6.61 Å². The summed E-state index contributed by atoms with van der Waals surface area (Å²) in [4.78, 5) is 23.9. The van der Waals surface area contributed by atoms with Crippen molar-refractivity contribution >= 4 is 12.1 Å². The summed E-state index contributed by atoms with van der Waals surface area (Å²) in [7, 11) is 0. The molecule has 1 aromatic carbocycles. The summed E-state index contributed by atoms with van der Waals surface area (Å²) in [6.07, 6.45) is 3.89. The molecular formula is C19H23NO4. The normalized spacial score (nSPS) is 36.3. The van der Waals surface area contributed by atoms with Crippen LogP contribution in [0.5, 0.6) is 0 Å². The minimum absolute atomic E-state index is 0.0669. The molecule has 0 aromatic heterocycles. The van der Waals surface area contributed by atoms with E-state index >= 15 is 0 Å². The molecule has 5 heteroatoms. The van der Waals surface area contributed by atoms with E-state index in [4.69, 9.17) is 4.74 Å². The number of alkyl carbamates (subject to hydrolysis) is 1. The number of carbonyl (C=O) groups excluding carboxylic acids is 1. The minimum Gasteiger partial charge on any atom is -0.481 e. The Hall–Kier alpha value is -2.04. The van der Waals surface area contributed by atoms with Crippen molar-refractivity contribution in [3.63, 3.8) is 0 Å². The Kier molecular flexibility index (Phi) is 3.74. The zero-order valence-electron chi connectivity index (χ0n) is 13.6. The molecular weight excluding hydrogens is 306 g/mol. The first-order chi connectivity index (χ1) is 11.6. The molecule has 3 unspecified atom stereocenters. The molecule has 0 heterocycles. The van der Waals surface area contributed by atoms with Gasteiger partial charge in [0.05, 0.1) is 5.41 Å². The van der Waals surface area contributed by atoms with Gasteiger partial charge in [-0.2, -0.15) is 0 Å². The molecule has 5 rings (SSSR count). The fraction of sp³-hybridized carbons (Fsp3) is 0.579. The van der Waals surface area contributed by atoms with Gasteiger partial charge in [-0.3, -0.25) is 4.79 Å². The maximum absolute atomic E-state index is 12.2. The highest BCUT2D eigenvalue weighted by molar-refractivity contribution is 5.75. The van der Waals surface area contributed by atoms with Crippen molar-refractivity contribution < 1.29 is 19.4 Å². The topological polar surface area (TPSA) is 75.6 Å². The molecule has 5 atom stereocenters. The van der Waals surface area contributed by atoms with Gasteiger partial charge in [0.15, 0.2) is 0 Å². The van der Waals surface area contributed by atoms with Crippen molar-refractivity contribution in [2.75, 3.05) is 0 Å². The van der Waals surface area contributed by atoms with Crippen molar-refractivity contribution in [3.8, 4) is 0 Å². The van der Waals surface area contributed by atoms with Gasteiger partial charge < -0.3 is 15.2 Å². The van der Waals surface area contributed by atoms with Crippen molar-refractivity contribution in [2.24, 2.45) is 23.2 Å². The molecule has 128 valence electrons. The summed E-state index contributed by atoms with van der Waals surface area (Å²) >= 11 is 0. The van der Waals surface area contributed by atoms with Crippen LogP contribution in [0.1, 0.15) is 37.7 Å². The number of hydrogen-bond donors (Lipinski definition) is 2. The average molecular weight is 329 g/mol. The van der Waals surface area contributed by atoms with Crippen LogP contribution in [0.2, 0.25) is 0 Å². The zero-order chi connectivity index (χ0) is 16.7. The maximum Gasteiger partial charge on any atom is 0.407 e. The monoisotopic (exact) mass is 329 g/mol. The highest BCUT2D eigenvalue weighted by Crippen LogP contribution is 2.60. The number of carboxylic acid groups (broad SMARTS) is 1. The smallest absolute Gasteiger partial charge is 0.407 e. The Balaban J connectivity index is 1.38. The minimum atomic E-state index is -0.646. The molecule has 1 amide bonds. The molecule has 24 heavy (non-hydrogen) atoms. The highest BCUT2D eigenvalue weighted by atomic mass is 16.5. The first kappa shape index (κ1) is 15.5. The van der Waals surface area contributed by atoms with Crippen LogP contribution in [0.4, 0.5) is 4.79 Å². The number of benzene rings is 1. The Morgan fingerprint density at radius 2 is 1.79 bits per heavy atom. The van der Waals surface area contributed by atoms with Crippen LogP contribution in [0.25, 0.3) is 0 Å². The number of carboxylic acids is 1. The lowest BCUT2D eigenvalue weighted by atomic mass is 9.48. The number of rotatable bonds is 4. The fourth-order valence-electron chi connectivity index (χ4n) is 5.42. The van der Waals surface area contributed by atoms with Gasteiger partial charge in [0, 0.05) is 6.04 Å². The van der Waals surface area contributed by atoms with Gasteiger partial charge in [-0.15, -0.1) is 0 Å². The van der Waals surface area contributed by atoms with Crippen LogP contribution in [0.3, 0.4) is 0 Å².